The Morgan fingerprint density at radius 3 is 2.56 bits per heavy atom. The van der Waals surface area contributed by atoms with Crippen molar-refractivity contribution in [2.45, 2.75) is 63.7 Å². The van der Waals surface area contributed by atoms with Gasteiger partial charge in [0.05, 0.1) is 16.2 Å². The Morgan fingerprint density at radius 1 is 1.02 bits per heavy atom. The Balaban J connectivity index is 1.26. The van der Waals surface area contributed by atoms with E-state index >= 15 is 0 Å². The second kappa shape index (κ2) is 11.4. The third kappa shape index (κ3) is 5.70. The number of alkyl halides is 3. The zero-order valence-corrected chi connectivity index (χ0v) is 23.7. The maximum Gasteiger partial charge on any atom is 0.416 e. The number of pyridine rings is 1. The molecule has 214 valence electrons. The number of thiophene rings is 1. The molecule has 5 nitrogen and oxygen atoms in total. The number of nitrogens with one attached hydrogen (secondary N) is 2. The average molecular weight is 579 g/mol. The molecule has 1 amide bonds. The maximum absolute atomic E-state index is 13.4. The second-order valence-corrected chi connectivity index (χ2v) is 12.0. The Bertz CT molecular complexity index is 1530. The highest BCUT2D eigenvalue weighted by molar-refractivity contribution is 7.17. The molecule has 0 radical (unpaired) electrons. The number of piperidine rings is 1. The van der Waals surface area contributed by atoms with Crippen LogP contribution in [0, 0.1) is 12.8 Å². The Morgan fingerprint density at radius 2 is 1.80 bits per heavy atom. The van der Waals surface area contributed by atoms with Crippen LogP contribution in [0.3, 0.4) is 0 Å². The molecule has 9 heteroatoms. The molecule has 1 aliphatic heterocycles. The van der Waals surface area contributed by atoms with Crippen LogP contribution in [-0.2, 0) is 11.0 Å². The fourth-order valence-electron chi connectivity index (χ4n) is 6.32. The first-order valence-electron chi connectivity index (χ1n) is 14.2. The van der Waals surface area contributed by atoms with E-state index in [4.69, 9.17) is 4.98 Å². The van der Waals surface area contributed by atoms with E-state index in [1.165, 1.54) is 42.0 Å². The monoisotopic (exact) mass is 578 g/mol. The molecule has 1 saturated heterocycles. The number of nitrogens with zero attached hydrogens (tertiary/aromatic N) is 2. The van der Waals surface area contributed by atoms with Gasteiger partial charge < -0.3 is 15.5 Å². The van der Waals surface area contributed by atoms with Crippen LogP contribution in [0.5, 0.6) is 0 Å². The van der Waals surface area contributed by atoms with Crippen molar-refractivity contribution in [3.63, 3.8) is 0 Å². The van der Waals surface area contributed by atoms with Gasteiger partial charge in [0.25, 0.3) is 0 Å². The van der Waals surface area contributed by atoms with Gasteiger partial charge in [0, 0.05) is 29.7 Å². The first kappa shape index (κ1) is 27.7. The number of benzene rings is 2. The van der Waals surface area contributed by atoms with Crippen molar-refractivity contribution in [1.82, 2.24) is 10.3 Å². The molecular weight excluding hydrogens is 545 g/mol. The fraction of sp³-hybridized carbons (Fsp3) is 0.375. The van der Waals surface area contributed by atoms with Crippen LogP contribution in [0.15, 0.2) is 66.2 Å². The van der Waals surface area contributed by atoms with Crippen molar-refractivity contribution in [3.05, 3.63) is 82.9 Å². The van der Waals surface area contributed by atoms with Crippen molar-refractivity contribution in [2.24, 2.45) is 5.92 Å². The van der Waals surface area contributed by atoms with Crippen molar-refractivity contribution in [3.8, 4) is 0 Å². The number of carbonyl (C=O) groups is 1. The zero-order valence-electron chi connectivity index (χ0n) is 22.9. The first-order valence-corrected chi connectivity index (χ1v) is 15.1. The predicted octanol–water partition coefficient (Wildman–Crippen LogP) is 8.38. The summed E-state index contributed by atoms with van der Waals surface area (Å²) in [5.41, 5.74) is 1.62. The summed E-state index contributed by atoms with van der Waals surface area (Å²) in [7, 11) is 0. The summed E-state index contributed by atoms with van der Waals surface area (Å²) in [6.07, 6.45) is 3.52. The largest absolute Gasteiger partial charge is 0.416 e. The average Bonchev–Trinajstić information content (AvgIpc) is 3.67. The lowest BCUT2D eigenvalue weighted by molar-refractivity contribution is -0.138. The molecule has 1 saturated carbocycles. The molecule has 2 aromatic heterocycles. The summed E-state index contributed by atoms with van der Waals surface area (Å²) in [6, 6.07) is 16.6. The third-order valence-corrected chi connectivity index (χ3v) is 9.33. The molecule has 0 bridgehead atoms. The van der Waals surface area contributed by atoms with E-state index in [9.17, 15) is 18.0 Å². The molecule has 4 aromatic rings. The minimum absolute atomic E-state index is 0.130. The summed E-state index contributed by atoms with van der Waals surface area (Å²) in [5, 5.41) is 9.54. The number of rotatable bonds is 6. The van der Waals surface area contributed by atoms with Crippen molar-refractivity contribution < 1.29 is 18.0 Å². The SMILES string of the molecule is Cc1ccc(NC(=O)[C@H]2CCCN[C@H]2c2ccc(N(c3nccc4ccsc34)C3CCCC3)cc2)cc1C(F)(F)F. The molecule has 2 N–H and O–H groups in total. The van der Waals surface area contributed by atoms with Gasteiger partial charge in [-0.05, 0) is 97.4 Å². The highest BCUT2D eigenvalue weighted by Crippen LogP contribution is 2.40. The third-order valence-electron chi connectivity index (χ3n) is 8.40. The van der Waals surface area contributed by atoms with Gasteiger partial charge in [0.2, 0.25) is 5.91 Å². The molecule has 0 unspecified atom stereocenters. The van der Waals surface area contributed by atoms with E-state index in [1.807, 2.05) is 12.3 Å². The fourth-order valence-corrected chi connectivity index (χ4v) is 7.20. The number of hydrogen-bond donors (Lipinski definition) is 2. The number of fused-ring (bicyclic) bond motifs is 1. The number of amides is 1. The number of aromatic nitrogens is 1. The van der Waals surface area contributed by atoms with Crippen molar-refractivity contribution in [1.29, 1.82) is 0 Å². The van der Waals surface area contributed by atoms with Crippen LogP contribution in [0.1, 0.15) is 61.3 Å². The van der Waals surface area contributed by atoms with Crippen LogP contribution < -0.4 is 15.5 Å². The van der Waals surface area contributed by atoms with Crippen LogP contribution in [-0.4, -0.2) is 23.5 Å². The molecule has 2 aromatic carbocycles. The number of aryl methyl sites for hydroxylation is 1. The summed E-state index contributed by atoms with van der Waals surface area (Å²) >= 11 is 1.71. The zero-order chi connectivity index (χ0) is 28.6. The van der Waals surface area contributed by atoms with E-state index in [0.717, 1.165) is 48.9 Å². The number of hydrogen-bond acceptors (Lipinski definition) is 5. The normalized spacial score (nSPS) is 19.9. The summed E-state index contributed by atoms with van der Waals surface area (Å²) in [5.74, 6) is 0.309. The van der Waals surface area contributed by atoms with Crippen LogP contribution in [0.4, 0.5) is 30.4 Å². The quantitative estimate of drug-likeness (QED) is 0.241. The highest BCUT2D eigenvalue weighted by atomic mass is 32.1. The molecule has 6 rings (SSSR count). The molecule has 2 atom stereocenters. The molecular formula is C32H33F3N4OS. The molecule has 3 heterocycles. The van der Waals surface area contributed by atoms with Gasteiger partial charge in [-0.1, -0.05) is 31.0 Å². The lowest BCUT2D eigenvalue weighted by Gasteiger charge is -2.33. The molecule has 2 aliphatic rings. The van der Waals surface area contributed by atoms with Gasteiger partial charge >= 0.3 is 6.18 Å². The van der Waals surface area contributed by atoms with Gasteiger partial charge in [-0.2, -0.15) is 13.2 Å². The Kier molecular flexibility index (Phi) is 7.74. The van der Waals surface area contributed by atoms with Crippen LogP contribution in [0.25, 0.3) is 10.1 Å². The highest BCUT2D eigenvalue weighted by Gasteiger charge is 2.35. The second-order valence-electron chi connectivity index (χ2n) is 11.1. The van der Waals surface area contributed by atoms with Crippen molar-refractivity contribution >= 4 is 44.5 Å². The Labute approximate surface area is 241 Å². The summed E-state index contributed by atoms with van der Waals surface area (Å²) < 4.78 is 41.5. The van der Waals surface area contributed by atoms with Crippen LogP contribution in [0.2, 0.25) is 0 Å². The molecule has 1 aliphatic carbocycles. The lowest BCUT2D eigenvalue weighted by Crippen LogP contribution is -2.40. The van der Waals surface area contributed by atoms with E-state index in [0.29, 0.717) is 12.5 Å². The van der Waals surface area contributed by atoms with E-state index in [2.05, 4.69) is 51.2 Å². The molecule has 0 spiro atoms. The Hall–Kier alpha value is -3.43. The standard InChI is InChI=1S/C32H33F3N4OS/c1-20-8-11-23(19-27(20)32(33,34)35)38-31(40)26-7-4-16-36-28(26)21-9-12-25(13-10-21)39(24-5-2-3-6-24)30-29-22(14-17-37-30)15-18-41-29/h8-15,17-19,24,26,28,36H,2-7,16H2,1H3,(H,38,40)/t26-,28-/m0/s1. The maximum atomic E-state index is 13.4. The summed E-state index contributed by atoms with van der Waals surface area (Å²) in [6.45, 7) is 2.20. The topological polar surface area (TPSA) is 57.3 Å². The van der Waals surface area contributed by atoms with Gasteiger partial charge in [-0.15, -0.1) is 11.3 Å². The molecule has 2 fully saturated rings. The minimum Gasteiger partial charge on any atom is -0.326 e. The van der Waals surface area contributed by atoms with E-state index in [-0.39, 0.29) is 23.2 Å². The predicted molar refractivity (Wildman–Crippen MR) is 159 cm³/mol. The summed E-state index contributed by atoms with van der Waals surface area (Å²) in [4.78, 5) is 20.6. The van der Waals surface area contributed by atoms with Gasteiger partial charge in [-0.3, -0.25) is 4.79 Å². The van der Waals surface area contributed by atoms with Gasteiger partial charge in [-0.25, -0.2) is 4.98 Å². The van der Waals surface area contributed by atoms with Crippen molar-refractivity contribution in [2.75, 3.05) is 16.8 Å². The smallest absolute Gasteiger partial charge is 0.326 e. The minimum atomic E-state index is -4.47. The van der Waals surface area contributed by atoms with E-state index in [1.54, 1.807) is 11.3 Å². The van der Waals surface area contributed by atoms with E-state index < -0.39 is 17.7 Å². The number of anilines is 3. The lowest BCUT2D eigenvalue weighted by atomic mass is 9.85. The number of carbonyl (C=O) groups excluding carboxylic acids is 1. The van der Waals surface area contributed by atoms with Gasteiger partial charge in [0.1, 0.15) is 0 Å². The van der Waals surface area contributed by atoms with Crippen LogP contribution >= 0.6 is 11.3 Å². The number of halogens is 3. The first-order chi connectivity index (χ1) is 19.8. The molecule has 41 heavy (non-hydrogen) atoms. The van der Waals surface area contributed by atoms with Gasteiger partial charge in [0.15, 0.2) is 5.82 Å².